The lowest BCUT2D eigenvalue weighted by atomic mass is 9.70. The second-order valence-corrected chi connectivity index (χ2v) is 3.84. The molecule has 3 atom stereocenters. The Bertz CT molecular complexity index is 176. The molecular formula is C9H14O2. The molecule has 2 aliphatic rings. The highest BCUT2D eigenvalue weighted by molar-refractivity contribution is 5.81. The molecule has 2 nitrogen and oxygen atoms in total. The predicted octanol–water partition coefficient (Wildman–Crippen LogP) is 1.13. The van der Waals surface area contributed by atoms with Gasteiger partial charge in [0, 0.05) is 12.3 Å². The third-order valence-electron chi connectivity index (χ3n) is 3.16. The molecule has 0 aromatic rings. The number of carbonyl (C=O) groups excluding carboxylic acids is 1. The van der Waals surface area contributed by atoms with Gasteiger partial charge in [0.25, 0.3) is 0 Å². The van der Waals surface area contributed by atoms with Crippen LogP contribution in [0.5, 0.6) is 0 Å². The van der Waals surface area contributed by atoms with Gasteiger partial charge < -0.3 is 5.11 Å². The van der Waals surface area contributed by atoms with Crippen LogP contribution in [-0.2, 0) is 4.79 Å². The summed E-state index contributed by atoms with van der Waals surface area (Å²) in [5, 5.41) is 9.50. The van der Waals surface area contributed by atoms with Crippen molar-refractivity contribution >= 4 is 5.78 Å². The summed E-state index contributed by atoms with van der Waals surface area (Å²) in [6.07, 6.45) is 4.26. The van der Waals surface area contributed by atoms with Gasteiger partial charge in [0.1, 0.15) is 5.78 Å². The molecule has 2 aliphatic carbocycles. The third kappa shape index (κ3) is 1.20. The quantitative estimate of drug-likeness (QED) is 0.568. The van der Waals surface area contributed by atoms with Gasteiger partial charge in [0.2, 0.25) is 0 Å². The summed E-state index contributed by atoms with van der Waals surface area (Å²) in [5.41, 5.74) is 0. The highest BCUT2D eigenvalue weighted by Crippen LogP contribution is 2.37. The largest absolute Gasteiger partial charge is 0.393 e. The van der Waals surface area contributed by atoms with E-state index in [0.29, 0.717) is 24.0 Å². The molecule has 2 bridgehead atoms. The summed E-state index contributed by atoms with van der Waals surface area (Å²) < 4.78 is 0. The number of ketones is 1. The molecule has 0 spiro atoms. The van der Waals surface area contributed by atoms with Crippen LogP contribution >= 0.6 is 0 Å². The van der Waals surface area contributed by atoms with Crippen molar-refractivity contribution in [1.82, 2.24) is 0 Å². The minimum Gasteiger partial charge on any atom is -0.393 e. The second kappa shape index (κ2) is 2.59. The van der Waals surface area contributed by atoms with Gasteiger partial charge in [-0.2, -0.15) is 0 Å². The Kier molecular flexibility index (Phi) is 1.72. The van der Waals surface area contributed by atoms with Gasteiger partial charge in [-0.3, -0.25) is 4.79 Å². The number of aliphatic hydroxyl groups excluding tert-OH is 1. The van der Waals surface area contributed by atoms with Crippen LogP contribution in [0.3, 0.4) is 0 Å². The van der Waals surface area contributed by atoms with E-state index in [0.717, 1.165) is 25.7 Å². The molecule has 2 unspecified atom stereocenters. The Morgan fingerprint density at radius 1 is 1.27 bits per heavy atom. The Morgan fingerprint density at radius 3 is 2.91 bits per heavy atom. The van der Waals surface area contributed by atoms with E-state index < -0.39 is 0 Å². The van der Waals surface area contributed by atoms with Gasteiger partial charge in [0.15, 0.2) is 0 Å². The molecule has 2 saturated carbocycles. The van der Waals surface area contributed by atoms with Crippen molar-refractivity contribution in [3.8, 4) is 0 Å². The van der Waals surface area contributed by atoms with E-state index in [9.17, 15) is 9.90 Å². The Labute approximate surface area is 66.6 Å². The second-order valence-electron chi connectivity index (χ2n) is 3.84. The highest BCUT2D eigenvalue weighted by atomic mass is 16.3. The fraction of sp³-hybridized carbons (Fsp3) is 0.889. The maximum Gasteiger partial charge on any atom is 0.136 e. The van der Waals surface area contributed by atoms with E-state index in [2.05, 4.69) is 0 Å². The first-order valence-corrected chi connectivity index (χ1v) is 4.48. The first-order chi connectivity index (χ1) is 5.27. The lowest BCUT2D eigenvalue weighted by Gasteiger charge is -2.36. The van der Waals surface area contributed by atoms with E-state index in [4.69, 9.17) is 0 Å². The zero-order valence-corrected chi connectivity index (χ0v) is 6.62. The minimum atomic E-state index is -0.112. The van der Waals surface area contributed by atoms with E-state index in [-0.39, 0.29) is 6.10 Å². The molecule has 0 aromatic heterocycles. The smallest absolute Gasteiger partial charge is 0.136 e. The summed E-state index contributed by atoms with van der Waals surface area (Å²) in [6.45, 7) is 0. The number of Topliss-reactive ketones (excluding diaryl/α,β-unsaturated/α-hetero) is 1. The lowest BCUT2D eigenvalue weighted by molar-refractivity contribution is -0.129. The number of carbonyl (C=O) groups is 1. The van der Waals surface area contributed by atoms with Crippen molar-refractivity contribution in [2.24, 2.45) is 11.8 Å². The molecule has 0 amide bonds. The summed E-state index contributed by atoms with van der Waals surface area (Å²) in [4.78, 5) is 11.2. The Morgan fingerprint density at radius 2 is 2.09 bits per heavy atom. The number of hydrogen-bond acceptors (Lipinski definition) is 2. The molecule has 0 aliphatic heterocycles. The molecule has 2 rings (SSSR count). The van der Waals surface area contributed by atoms with Crippen LogP contribution < -0.4 is 0 Å². The van der Waals surface area contributed by atoms with Crippen molar-refractivity contribution in [2.45, 2.75) is 38.2 Å². The van der Waals surface area contributed by atoms with Gasteiger partial charge in [-0.05, 0) is 31.6 Å². The summed E-state index contributed by atoms with van der Waals surface area (Å²) >= 11 is 0. The van der Waals surface area contributed by atoms with Crippen molar-refractivity contribution < 1.29 is 9.90 Å². The van der Waals surface area contributed by atoms with E-state index >= 15 is 0 Å². The maximum absolute atomic E-state index is 11.2. The molecule has 1 N–H and O–H groups in total. The average Bonchev–Trinajstić information content (AvgIpc) is 2.02. The van der Waals surface area contributed by atoms with Crippen LogP contribution in [0.2, 0.25) is 0 Å². The molecule has 2 fully saturated rings. The summed E-state index contributed by atoms with van der Waals surface area (Å²) in [6, 6.07) is 0. The number of aliphatic hydroxyl groups is 1. The molecule has 2 heteroatoms. The van der Waals surface area contributed by atoms with Gasteiger partial charge >= 0.3 is 0 Å². The monoisotopic (exact) mass is 154 g/mol. The highest BCUT2D eigenvalue weighted by Gasteiger charge is 2.36. The van der Waals surface area contributed by atoms with E-state index in [1.165, 1.54) is 0 Å². The molecule has 0 aromatic carbocycles. The van der Waals surface area contributed by atoms with Crippen molar-refractivity contribution in [2.75, 3.05) is 0 Å². The number of fused-ring (bicyclic) bond motifs is 2. The summed E-state index contributed by atoms with van der Waals surface area (Å²) in [5.74, 6) is 1.18. The van der Waals surface area contributed by atoms with Crippen molar-refractivity contribution in [3.63, 3.8) is 0 Å². The van der Waals surface area contributed by atoms with Crippen molar-refractivity contribution in [3.05, 3.63) is 0 Å². The van der Waals surface area contributed by atoms with Crippen LogP contribution in [0.4, 0.5) is 0 Å². The third-order valence-corrected chi connectivity index (χ3v) is 3.16. The average molecular weight is 154 g/mol. The topological polar surface area (TPSA) is 37.3 Å². The van der Waals surface area contributed by atoms with Crippen LogP contribution in [0, 0.1) is 11.8 Å². The zero-order chi connectivity index (χ0) is 7.84. The maximum atomic E-state index is 11.2. The SMILES string of the molecule is O=C1CCC2CC1CC[C@@H]2O. The molecular weight excluding hydrogens is 140 g/mol. The first-order valence-electron chi connectivity index (χ1n) is 4.48. The van der Waals surface area contributed by atoms with Gasteiger partial charge in [-0.25, -0.2) is 0 Å². The molecule has 62 valence electrons. The number of hydrogen-bond donors (Lipinski definition) is 1. The van der Waals surface area contributed by atoms with Crippen LogP contribution in [0.25, 0.3) is 0 Å². The molecule has 11 heavy (non-hydrogen) atoms. The van der Waals surface area contributed by atoms with E-state index in [1.54, 1.807) is 0 Å². The van der Waals surface area contributed by atoms with Crippen LogP contribution in [-0.4, -0.2) is 17.0 Å². The lowest BCUT2D eigenvalue weighted by Crippen LogP contribution is -2.36. The van der Waals surface area contributed by atoms with Gasteiger partial charge in [-0.1, -0.05) is 0 Å². The van der Waals surface area contributed by atoms with E-state index in [1.807, 2.05) is 0 Å². The van der Waals surface area contributed by atoms with Crippen molar-refractivity contribution in [1.29, 1.82) is 0 Å². The molecule has 0 saturated heterocycles. The minimum absolute atomic E-state index is 0.112. The molecule has 0 heterocycles. The summed E-state index contributed by atoms with van der Waals surface area (Å²) in [7, 11) is 0. The van der Waals surface area contributed by atoms with Gasteiger partial charge in [-0.15, -0.1) is 0 Å². The first kappa shape index (κ1) is 7.29. The zero-order valence-electron chi connectivity index (χ0n) is 6.62. The normalized spacial score (nSPS) is 44.1. The van der Waals surface area contributed by atoms with Crippen LogP contribution in [0.1, 0.15) is 32.1 Å². The number of rotatable bonds is 0. The predicted molar refractivity (Wildman–Crippen MR) is 41.1 cm³/mol. The Balaban J connectivity index is 2.08. The van der Waals surface area contributed by atoms with Crippen LogP contribution in [0.15, 0.2) is 0 Å². The Hall–Kier alpha value is -0.370. The standard InChI is InChI=1S/C9H14O2/c10-8-3-1-6-5-7(8)2-4-9(6)11/h6-8,10H,1-5H2/t6?,7?,8-/m0/s1. The fourth-order valence-corrected chi connectivity index (χ4v) is 2.38. The molecule has 0 radical (unpaired) electrons. The fourth-order valence-electron chi connectivity index (χ4n) is 2.38. The van der Waals surface area contributed by atoms with Gasteiger partial charge in [0.05, 0.1) is 6.10 Å².